The molecule has 0 aromatic heterocycles. The maximum Gasteiger partial charge on any atom is 0.320 e. The van der Waals surface area contributed by atoms with Crippen molar-refractivity contribution in [2.45, 2.75) is 46.2 Å². The molecule has 4 N–H and O–H groups in total. The molecule has 1 aromatic carbocycles. The fourth-order valence-corrected chi connectivity index (χ4v) is 1.84. The van der Waals surface area contributed by atoms with Crippen LogP contribution in [0.15, 0.2) is 30.3 Å². The van der Waals surface area contributed by atoms with Crippen LogP contribution in [0.5, 0.6) is 0 Å². The van der Waals surface area contributed by atoms with Gasteiger partial charge < -0.3 is 15.5 Å². The van der Waals surface area contributed by atoms with E-state index in [2.05, 4.69) is 29.7 Å². The summed E-state index contributed by atoms with van der Waals surface area (Å²) in [6.07, 6.45) is 0.424. The SMILES string of the molecule is CC(C)CC(NC(C)C(=O)O)C(=O)O.CCNc1ccccc1. The summed E-state index contributed by atoms with van der Waals surface area (Å²) in [5.74, 6) is -1.84. The lowest BCUT2D eigenvalue weighted by atomic mass is 10.0. The van der Waals surface area contributed by atoms with E-state index in [1.807, 2.05) is 32.0 Å². The molecular weight excluding hydrogens is 296 g/mol. The fourth-order valence-electron chi connectivity index (χ4n) is 1.84. The van der Waals surface area contributed by atoms with Crippen LogP contribution < -0.4 is 10.6 Å². The largest absolute Gasteiger partial charge is 0.480 e. The molecule has 23 heavy (non-hydrogen) atoms. The number of aliphatic carboxylic acids is 2. The normalized spacial score (nSPS) is 12.7. The minimum Gasteiger partial charge on any atom is -0.480 e. The van der Waals surface area contributed by atoms with Crippen LogP contribution in [0.2, 0.25) is 0 Å². The number of hydrogen-bond donors (Lipinski definition) is 4. The molecule has 6 heteroatoms. The second kappa shape index (κ2) is 11.5. The molecule has 1 aromatic rings. The van der Waals surface area contributed by atoms with Crippen molar-refractivity contribution in [2.75, 3.05) is 11.9 Å². The molecule has 0 saturated carbocycles. The third-order valence-corrected chi connectivity index (χ3v) is 2.98. The second-order valence-electron chi connectivity index (χ2n) is 5.64. The summed E-state index contributed by atoms with van der Waals surface area (Å²) < 4.78 is 0. The summed E-state index contributed by atoms with van der Waals surface area (Å²) >= 11 is 0. The summed E-state index contributed by atoms with van der Waals surface area (Å²) in [6, 6.07) is 8.56. The van der Waals surface area contributed by atoms with Crippen molar-refractivity contribution < 1.29 is 19.8 Å². The van der Waals surface area contributed by atoms with Crippen molar-refractivity contribution in [3.8, 4) is 0 Å². The van der Waals surface area contributed by atoms with Crippen LogP contribution in [0, 0.1) is 5.92 Å². The van der Waals surface area contributed by atoms with Crippen molar-refractivity contribution in [3.05, 3.63) is 30.3 Å². The number of hydrogen-bond acceptors (Lipinski definition) is 4. The molecule has 0 heterocycles. The Bertz CT molecular complexity index is 463. The van der Waals surface area contributed by atoms with Gasteiger partial charge >= 0.3 is 11.9 Å². The van der Waals surface area contributed by atoms with E-state index in [9.17, 15) is 9.59 Å². The standard InChI is InChI=1S/C9H17NO4.C8H11N/c1-5(2)4-7(9(13)14)10-6(3)8(11)12;1-2-9-8-6-4-3-5-7-8/h5-7,10H,4H2,1-3H3,(H,11,12)(H,13,14);3-7,9H,2H2,1H3. The molecule has 0 aliphatic heterocycles. The van der Waals surface area contributed by atoms with E-state index < -0.39 is 24.0 Å². The third-order valence-electron chi connectivity index (χ3n) is 2.98. The Labute approximate surface area is 137 Å². The first kappa shape index (κ1) is 20.9. The molecule has 130 valence electrons. The number of para-hydroxylation sites is 1. The average Bonchev–Trinajstić information content (AvgIpc) is 2.48. The molecule has 0 saturated heterocycles. The van der Waals surface area contributed by atoms with Gasteiger partial charge in [0, 0.05) is 12.2 Å². The number of carbonyl (C=O) groups is 2. The number of carboxylic acid groups (broad SMARTS) is 2. The first-order valence-corrected chi connectivity index (χ1v) is 7.78. The molecular formula is C17H28N2O4. The van der Waals surface area contributed by atoms with Crippen LogP contribution >= 0.6 is 0 Å². The molecule has 0 amide bonds. The van der Waals surface area contributed by atoms with Gasteiger partial charge in [-0.15, -0.1) is 0 Å². The smallest absolute Gasteiger partial charge is 0.320 e. The molecule has 6 nitrogen and oxygen atoms in total. The molecule has 0 spiro atoms. The lowest BCUT2D eigenvalue weighted by molar-refractivity contribution is -0.142. The van der Waals surface area contributed by atoms with Crippen molar-refractivity contribution in [1.29, 1.82) is 0 Å². The van der Waals surface area contributed by atoms with Crippen molar-refractivity contribution in [3.63, 3.8) is 0 Å². The van der Waals surface area contributed by atoms with Gasteiger partial charge in [-0.3, -0.25) is 14.9 Å². The topological polar surface area (TPSA) is 98.7 Å². The van der Waals surface area contributed by atoms with Gasteiger partial charge in [-0.05, 0) is 38.3 Å². The zero-order valence-electron chi connectivity index (χ0n) is 14.2. The highest BCUT2D eigenvalue weighted by Gasteiger charge is 2.23. The highest BCUT2D eigenvalue weighted by Crippen LogP contribution is 2.05. The van der Waals surface area contributed by atoms with Gasteiger partial charge in [0.25, 0.3) is 0 Å². The summed E-state index contributed by atoms with van der Waals surface area (Å²) in [5.41, 5.74) is 1.19. The van der Waals surface area contributed by atoms with E-state index in [1.54, 1.807) is 0 Å². The van der Waals surface area contributed by atoms with E-state index in [0.717, 1.165) is 6.54 Å². The van der Waals surface area contributed by atoms with Crippen LogP contribution in [-0.4, -0.2) is 40.8 Å². The Morgan fingerprint density at radius 1 is 1.04 bits per heavy atom. The van der Waals surface area contributed by atoms with Gasteiger partial charge in [0.2, 0.25) is 0 Å². The average molecular weight is 324 g/mol. The van der Waals surface area contributed by atoms with E-state index in [0.29, 0.717) is 6.42 Å². The lowest BCUT2D eigenvalue weighted by Crippen LogP contribution is -2.46. The molecule has 0 aliphatic carbocycles. The highest BCUT2D eigenvalue weighted by molar-refractivity contribution is 5.77. The van der Waals surface area contributed by atoms with E-state index in [4.69, 9.17) is 10.2 Å². The van der Waals surface area contributed by atoms with E-state index >= 15 is 0 Å². The van der Waals surface area contributed by atoms with Crippen LogP contribution in [-0.2, 0) is 9.59 Å². The fraction of sp³-hybridized carbons (Fsp3) is 0.529. The van der Waals surface area contributed by atoms with Crippen LogP contribution in [0.3, 0.4) is 0 Å². The van der Waals surface area contributed by atoms with Gasteiger partial charge in [0.1, 0.15) is 12.1 Å². The summed E-state index contributed by atoms with van der Waals surface area (Å²) in [7, 11) is 0. The Balaban J connectivity index is 0.000000459. The Hall–Kier alpha value is -2.08. The minimum absolute atomic E-state index is 0.213. The highest BCUT2D eigenvalue weighted by atomic mass is 16.4. The van der Waals surface area contributed by atoms with Gasteiger partial charge in [-0.2, -0.15) is 0 Å². The Kier molecular flexibility index (Phi) is 10.4. The van der Waals surface area contributed by atoms with Crippen molar-refractivity contribution in [2.24, 2.45) is 5.92 Å². The van der Waals surface area contributed by atoms with E-state index in [1.165, 1.54) is 12.6 Å². The van der Waals surface area contributed by atoms with Gasteiger partial charge in [-0.25, -0.2) is 0 Å². The molecule has 0 aliphatic rings. The lowest BCUT2D eigenvalue weighted by Gasteiger charge is -2.18. The predicted octanol–water partition coefficient (Wildman–Crippen LogP) is 2.67. The molecule has 2 atom stereocenters. The zero-order chi connectivity index (χ0) is 17.8. The van der Waals surface area contributed by atoms with Gasteiger partial charge in [0.05, 0.1) is 0 Å². The maximum absolute atomic E-state index is 10.7. The number of benzene rings is 1. The summed E-state index contributed by atoms with van der Waals surface area (Å²) in [6.45, 7) is 8.29. The molecule has 0 radical (unpaired) electrons. The molecule has 0 fully saturated rings. The number of anilines is 1. The number of nitrogens with one attached hydrogen (secondary N) is 2. The summed E-state index contributed by atoms with van der Waals surface area (Å²) in [4.78, 5) is 21.2. The monoisotopic (exact) mass is 324 g/mol. The van der Waals surface area contributed by atoms with Crippen LogP contribution in [0.4, 0.5) is 5.69 Å². The van der Waals surface area contributed by atoms with Crippen LogP contribution in [0.1, 0.15) is 34.1 Å². The Morgan fingerprint density at radius 2 is 1.61 bits per heavy atom. The van der Waals surface area contributed by atoms with Gasteiger partial charge in [0.15, 0.2) is 0 Å². The van der Waals surface area contributed by atoms with Crippen molar-refractivity contribution in [1.82, 2.24) is 5.32 Å². The first-order valence-electron chi connectivity index (χ1n) is 7.78. The maximum atomic E-state index is 10.7. The number of rotatable bonds is 8. The first-order chi connectivity index (χ1) is 10.8. The van der Waals surface area contributed by atoms with Crippen LogP contribution in [0.25, 0.3) is 0 Å². The molecule has 1 rings (SSSR count). The van der Waals surface area contributed by atoms with Gasteiger partial charge in [-0.1, -0.05) is 32.0 Å². The molecule has 2 unspecified atom stereocenters. The minimum atomic E-state index is -1.04. The zero-order valence-corrected chi connectivity index (χ0v) is 14.2. The molecule has 0 bridgehead atoms. The summed E-state index contributed by atoms with van der Waals surface area (Å²) in [5, 5.41) is 23.1. The van der Waals surface area contributed by atoms with E-state index in [-0.39, 0.29) is 5.92 Å². The third kappa shape index (κ3) is 10.3. The predicted molar refractivity (Wildman–Crippen MR) is 91.7 cm³/mol. The number of carboxylic acids is 2. The second-order valence-corrected chi connectivity index (χ2v) is 5.64. The Morgan fingerprint density at radius 3 is 2.00 bits per heavy atom. The van der Waals surface area contributed by atoms with Crippen molar-refractivity contribution >= 4 is 17.6 Å². The quantitative estimate of drug-likeness (QED) is 0.587.